The van der Waals surface area contributed by atoms with Crippen molar-refractivity contribution in [2.24, 2.45) is 0 Å². The molecule has 0 radical (unpaired) electrons. The number of benzene rings is 2. The van der Waals surface area contributed by atoms with Crippen LogP contribution < -0.4 is 0 Å². The van der Waals surface area contributed by atoms with Gasteiger partial charge in [-0.1, -0.05) is 48.5 Å². The fourth-order valence-corrected chi connectivity index (χ4v) is 3.14. The number of nitrogens with zero attached hydrogens (tertiary/aromatic N) is 3. The topological polar surface area (TPSA) is 49.2 Å². The van der Waals surface area contributed by atoms with Crippen molar-refractivity contribution in [3.8, 4) is 0 Å². The Morgan fingerprint density at radius 3 is 2.46 bits per heavy atom. The summed E-state index contributed by atoms with van der Waals surface area (Å²) < 4.78 is 0. The molecule has 0 aliphatic rings. The molecule has 0 aliphatic carbocycles. The van der Waals surface area contributed by atoms with Crippen molar-refractivity contribution in [1.82, 2.24) is 14.9 Å². The van der Waals surface area contributed by atoms with Crippen LogP contribution in [-0.4, -0.2) is 33.6 Å². The molecule has 3 aromatic rings. The van der Waals surface area contributed by atoms with E-state index in [1.54, 1.807) is 0 Å². The van der Waals surface area contributed by atoms with Crippen molar-refractivity contribution in [2.45, 2.75) is 25.9 Å². The highest BCUT2D eigenvalue weighted by molar-refractivity contribution is 5.80. The smallest absolute Gasteiger partial charge is 0.143 e. The van der Waals surface area contributed by atoms with Crippen molar-refractivity contribution in [3.63, 3.8) is 0 Å². The average molecular weight is 321 g/mol. The number of hydrogen-bond acceptors (Lipinski definition) is 4. The van der Waals surface area contributed by atoms with Crippen LogP contribution in [0.2, 0.25) is 0 Å². The molecule has 0 fully saturated rings. The second-order valence-electron chi connectivity index (χ2n) is 6.10. The third-order valence-electron chi connectivity index (χ3n) is 4.35. The highest BCUT2D eigenvalue weighted by Gasteiger charge is 2.18. The summed E-state index contributed by atoms with van der Waals surface area (Å²) in [5.41, 5.74) is 3.18. The molecule has 1 heterocycles. The first-order chi connectivity index (χ1) is 11.7. The monoisotopic (exact) mass is 321 g/mol. The lowest BCUT2D eigenvalue weighted by Gasteiger charge is -2.27. The fourth-order valence-electron chi connectivity index (χ4n) is 3.14. The molecule has 4 heteroatoms. The van der Waals surface area contributed by atoms with Crippen LogP contribution in [0.5, 0.6) is 0 Å². The third-order valence-corrected chi connectivity index (χ3v) is 4.35. The highest BCUT2D eigenvalue weighted by Crippen LogP contribution is 2.24. The molecule has 0 spiro atoms. The molecule has 0 aliphatic heterocycles. The molecular formula is C20H23N3O. The van der Waals surface area contributed by atoms with Gasteiger partial charge in [0.05, 0.1) is 12.1 Å². The number of aryl methyl sites for hydroxylation is 1. The first-order valence-electron chi connectivity index (χ1n) is 8.27. The maximum atomic E-state index is 9.44. The molecule has 0 saturated carbocycles. The molecule has 1 atom stereocenters. The minimum absolute atomic E-state index is 0.145. The molecule has 4 nitrogen and oxygen atoms in total. The molecule has 0 bridgehead atoms. The van der Waals surface area contributed by atoms with Crippen LogP contribution in [0.3, 0.4) is 0 Å². The average Bonchev–Trinajstić information content (AvgIpc) is 2.60. The number of hydrogen-bond donors (Lipinski definition) is 1. The molecule has 1 aromatic heterocycles. The van der Waals surface area contributed by atoms with E-state index in [-0.39, 0.29) is 12.6 Å². The Hall–Kier alpha value is -2.30. The minimum atomic E-state index is 0.145. The van der Waals surface area contributed by atoms with E-state index in [9.17, 15) is 5.11 Å². The Labute approximate surface area is 142 Å². The number of para-hydroxylation sites is 1. The summed E-state index contributed by atoms with van der Waals surface area (Å²) in [7, 11) is 2.06. The van der Waals surface area contributed by atoms with Gasteiger partial charge in [0, 0.05) is 23.7 Å². The maximum Gasteiger partial charge on any atom is 0.143 e. The largest absolute Gasteiger partial charge is 0.396 e. The van der Waals surface area contributed by atoms with Gasteiger partial charge in [-0.3, -0.25) is 4.90 Å². The third kappa shape index (κ3) is 3.61. The van der Waals surface area contributed by atoms with Gasteiger partial charge in [-0.25, -0.2) is 9.97 Å². The van der Waals surface area contributed by atoms with Crippen LogP contribution in [0, 0.1) is 6.92 Å². The second-order valence-corrected chi connectivity index (χ2v) is 6.10. The highest BCUT2D eigenvalue weighted by atomic mass is 16.3. The predicted octanol–water partition coefficient (Wildman–Crippen LogP) is 3.49. The van der Waals surface area contributed by atoms with Gasteiger partial charge in [0.15, 0.2) is 0 Å². The second kappa shape index (κ2) is 7.51. The van der Waals surface area contributed by atoms with Gasteiger partial charge < -0.3 is 5.11 Å². The van der Waals surface area contributed by atoms with Crippen molar-refractivity contribution < 1.29 is 5.11 Å². The predicted molar refractivity (Wildman–Crippen MR) is 96.6 cm³/mol. The van der Waals surface area contributed by atoms with Crippen molar-refractivity contribution in [3.05, 3.63) is 71.7 Å². The summed E-state index contributed by atoms with van der Waals surface area (Å²) >= 11 is 0. The summed E-state index contributed by atoms with van der Waals surface area (Å²) in [6.07, 6.45) is 0.688. The Morgan fingerprint density at radius 1 is 1.00 bits per heavy atom. The summed E-state index contributed by atoms with van der Waals surface area (Å²) in [5.74, 6) is 0.813. The minimum Gasteiger partial charge on any atom is -0.396 e. The van der Waals surface area contributed by atoms with E-state index in [4.69, 9.17) is 4.98 Å². The Balaban J connectivity index is 1.86. The molecule has 0 amide bonds. The van der Waals surface area contributed by atoms with E-state index in [1.165, 1.54) is 5.56 Å². The lowest BCUT2D eigenvalue weighted by atomic mass is 10.0. The number of aromatic nitrogens is 2. The molecule has 0 saturated heterocycles. The molecule has 2 aromatic carbocycles. The van der Waals surface area contributed by atoms with Crippen LogP contribution in [-0.2, 0) is 6.54 Å². The van der Waals surface area contributed by atoms with E-state index in [0.29, 0.717) is 13.0 Å². The van der Waals surface area contributed by atoms with Crippen LogP contribution in [0.4, 0.5) is 0 Å². The zero-order valence-electron chi connectivity index (χ0n) is 14.2. The number of rotatable bonds is 6. The first kappa shape index (κ1) is 16.6. The Kier molecular flexibility index (Phi) is 5.18. The van der Waals surface area contributed by atoms with Gasteiger partial charge in [-0.2, -0.15) is 0 Å². The number of fused-ring (bicyclic) bond motifs is 1. The van der Waals surface area contributed by atoms with E-state index in [2.05, 4.69) is 35.1 Å². The maximum absolute atomic E-state index is 9.44. The van der Waals surface area contributed by atoms with Gasteiger partial charge in [0.2, 0.25) is 0 Å². The van der Waals surface area contributed by atoms with Crippen LogP contribution in [0.15, 0.2) is 54.6 Å². The molecule has 1 N–H and O–H groups in total. The summed E-state index contributed by atoms with van der Waals surface area (Å²) in [4.78, 5) is 11.6. The van der Waals surface area contributed by atoms with Gasteiger partial charge in [-0.15, -0.1) is 0 Å². The molecule has 3 rings (SSSR count). The van der Waals surface area contributed by atoms with E-state index < -0.39 is 0 Å². The molecule has 24 heavy (non-hydrogen) atoms. The van der Waals surface area contributed by atoms with E-state index in [1.807, 2.05) is 43.3 Å². The number of aliphatic hydroxyl groups excluding tert-OH is 1. The normalized spacial score (nSPS) is 12.7. The van der Waals surface area contributed by atoms with E-state index in [0.717, 1.165) is 22.4 Å². The van der Waals surface area contributed by atoms with Crippen molar-refractivity contribution in [2.75, 3.05) is 13.7 Å². The van der Waals surface area contributed by atoms with E-state index >= 15 is 0 Å². The van der Waals surface area contributed by atoms with Crippen LogP contribution in [0.25, 0.3) is 10.9 Å². The van der Waals surface area contributed by atoms with Gasteiger partial charge >= 0.3 is 0 Å². The summed E-state index contributed by atoms with van der Waals surface area (Å²) in [5, 5.41) is 10.5. The Morgan fingerprint density at radius 2 is 1.71 bits per heavy atom. The van der Waals surface area contributed by atoms with Gasteiger partial charge in [0.25, 0.3) is 0 Å². The zero-order chi connectivity index (χ0) is 16.9. The quantitative estimate of drug-likeness (QED) is 0.755. The summed E-state index contributed by atoms with van der Waals surface area (Å²) in [6, 6.07) is 18.5. The van der Waals surface area contributed by atoms with Gasteiger partial charge in [-0.05, 0) is 32.0 Å². The lowest BCUT2D eigenvalue weighted by molar-refractivity contribution is 0.177. The first-order valence-corrected chi connectivity index (χ1v) is 8.27. The molecule has 124 valence electrons. The fraction of sp³-hybridized carbons (Fsp3) is 0.300. The van der Waals surface area contributed by atoms with Crippen molar-refractivity contribution in [1.29, 1.82) is 0 Å². The number of aliphatic hydroxyl groups is 1. The molecular weight excluding hydrogens is 298 g/mol. The standard InChI is InChI=1S/C20H23N3O/c1-15-17-10-6-7-11-18(17)22-20(21-15)14-23(2)19(12-13-24)16-8-4-3-5-9-16/h3-11,19,24H,12-14H2,1-2H3. The van der Waals surface area contributed by atoms with Gasteiger partial charge in [0.1, 0.15) is 5.82 Å². The van der Waals surface area contributed by atoms with Crippen LogP contribution >= 0.6 is 0 Å². The van der Waals surface area contributed by atoms with Crippen LogP contribution in [0.1, 0.15) is 29.5 Å². The molecule has 1 unspecified atom stereocenters. The SMILES string of the molecule is Cc1nc(CN(C)C(CCO)c2ccccc2)nc2ccccc12. The Bertz CT molecular complexity index is 804. The summed E-state index contributed by atoms with van der Waals surface area (Å²) in [6.45, 7) is 2.82. The van der Waals surface area contributed by atoms with Crippen molar-refractivity contribution >= 4 is 10.9 Å². The zero-order valence-corrected chi connectivity index (χ0v) is 14.2. The lowest BCUT2D eigenvalue weighted by Crippen LogP contribution is -2.26.